The van der Waals surface area contributed by atoms with Crippen molar-refractivity contribution in [2.24, 2.45) is 0 Å². The van der Waals surface area contributed by atoms with Gasteiger partial charge in [-0.25, -0.2) is 0 Å². The van der Waals surface area contributed by atoms with Crippen LogP contribution in [0.3, 0.4) is 0 Å². The third-order valence-electron chi connectivity index (χ3n) is 5.15. The summed E-state index contributed by atoms with van der Waals surface area (Å²) in [5.41, 5.74) is -1.49. The van der Waals surface area contributed by atoms with Crippen LogP contribution in [-0.4, -0.2) is 30.6 Å². The molecule has 0 bridgehead atoms. The fourth-order valence-electron chi connectivity index (χ4n) is 3.50. The Kier molecular flexibility index (Phi) is 7.28. The summed E-state index contributed by atoms with van der Waals surface area (Å²) < 4.78 is 52.9. The van der Waals surface area contributed by atoms with E-state index in [1.54, 1.807) is 30.3 Å². The number of benzene rings is 3. The van der Waals surface area contributed by atoms with Gasteiger partial charge in [-0.2, -0.15) is 13.2 Å². The quantitative estimate of drug-likeness (QED) is 0.199. The summed E-state index contributed by atoms with van der Waals surface area (Å²) in [5.74, 6) is 0.310. The van der Waals surface area contributed by atoms with Crippen molar-refractivity contribution in [3.63, 3.8) is 0 Å². The van der Waals surface area contributed by atoms with Crippen molar-refractivity contribution in [1.29, 1.82) is 0 Å². The number of fused-ring (bicyclic) bond motifs is 1. The van der Waals surface area contributed by atoms with Crippen LogP contribution < -0.4 is 14.8 Å². The Hall–Kier alpha value is -3.56. The molecule has 9 heteroatoms. The molecule has 1 heterocycles. The first kappa shape index (κ1) is 24.6. The smallest absolute Gasteiger partial charge is 0.417 e. The number of carbonyl (C=O) groups is 1. The molecule has 0 aliphatic carbocycles. The molecule has 0 amide bonds. The molecule has 0 unspecified atom stereocenters. The Bertz CT molecular complexity index is 1330. The summed E-state index contributed by atoms with van der Waals surface area (Å²) in [6.45, 7) is 4.04. The molecular weight excluding hydrogens is 479 g/mol. The largest absolute Gasteiger partial charge is 0.508 e. The minimum atomic E-state index is -4.69. The van der Waals surface area contributed by atoms with Crippen molar-refractivity contribution < 1.29 is 32.5 Å². The van der Waals surface area contributed by atoms with Gasteiger partial charge in [-0.05, 0) is 55.1 Å². The summed E-state index contributed by atoms with van der Waals surface area (Å²) in [5, 5.41) is 13.5. The maximum absolute atomic E-state index is 13.6. The van der Waals surface area contributed by atoms with Gasteiger partial charge in [0.05, 0.1) is 5.56 Å². The highest BCUT2D eigenvalue weighted by atomic mass is 32.1. The first-order chi connectivity index (χ1) is 16.8. The van der Waals surface area contributed by atoms with Crippen LogP contribution in [0.5, 0.6) is 23.0 Å². The van der Waals surface area contributed by atoms with E-state index >= 15 is 0 Å². The second-order valence-corrected chi connectivity index (χ2v) is 8.64. The fraction of sp³-hybridized carbons (Fsp3) is 0.192. The maximum atomic E-state index is 13.6. The highest BCUT2D eigenvalue weighted by molar-refractivity contribution is 7.21. The lowest BCUT2D eigenvalue weighted by Gasteiger charge is -2.13. The van der Waals surface area contributed by atoms with Gasteiger partial charge in [0.15, 0.2) is 5.75 Å². The van der Waals surface area contributed by atoms with Crippen LogP contribution >= 0.6 is 11.3 Å². The van der Waals surface area contributed by atoms with Crippen LogP contribution in [0, 0.1) is 0 Å². The minimum absolute atomic E-state index is 0.00765. The molecule has 3 aromatic carbocycles. The van der Waals surface area contributed by atoms with E-state index in [1.165, 1.54) is 24.3 Å². The van der Waals surface area contributed by atoms with Crippen LogP contribution in [0.25, 0.3) is 10.1 Å². The second kappa shape index (κ2) is 10.4. The first-order valence-electron chi connectivity index (χ1n) is 10.9. The Morgan fingerprint density at radius 2 is 1.74 bits per heavy atom. The third kappa shape index (κ3) is 5.58. The molecule has 0 saturated carbocycles. The van der Waals surface area contributed by atoms with E-state index < -0.39 is 23.1 Å². The lowest BCUT2D eigenvalue weighted by Crippen LogP contribution is -2.20. The average Bonchev–Trinajstić information content (AvgIpc) is 3.19. The number of alkyl halides is 3. The number of halogens is 3. The van der Waals surface area contributed by atoms with Crippen LogP contribution in [0.1, 0.15) is 27.7 Å². The van der Waals surface area contributed by atoms with Crippen molar-refractivity contribution in [2.75, 3.05) is 19.7 Å². The van der Waals surface area contributed by atoms with Crippen LogP contribution in [0.15, 0.2) is 66.7 Å². The SMILES string of the molecule is CCNCCOc1ccc(Oc2c(C(=O)c3ccccc3C(F)(F)F)sc3cc(O)ccc23)cc1. The minimum Gasteiger partial charge on any atom is -0.508 e. The summed E-state index contributed by atoms with van der Waals surface area (Å²) in [4.78, 5) is 13.4. The maximum Gasteiger partial charge on any atom is 0.417 e. The van der Waals surface area contributed by atoms with Gasteiger partial charge in [0.25, 0.3) is 0 Å². The molecule has 1 aromatic heterocycles. The topological polar surface area (TPSA) is 67.8 Å². The molecular formula is C26H22F3NO4S. The Morgan fingerprint density at radius 3 is 2.46 bits per heavy atom. The number of phenols is 1. The molecule has 0 spiro atoms. The molecule has 35 heavy (non-hydrogen) atoms. The molecule has 0 fully saturated rings. The van der Waals surface area contributed by atoms with Crippen LogP contribution in [0.4, 0.5) is 13.2 Å². The normalized spacial score (nSPS) is 11.5. The van der Waals surface area contributed by atoms with E-state index in [0.29, 0.717) is 34.7 Å². The fourth-order valence-corrected chi connectivity index (χ4v) is 4.62. The summed E-state index contributed by atoms with van der Waals surface area (Å²) in [6.07, 6.45) is -4.69. The number of thiophene rings is 1. The number of rotatable bonds is 9. The molecule has 0 atom stereocenters. The first-order valence-corrected chi connectivity index (χ1v) is 11.7. The molecule has 0 radical (unpaired) electrons. The van der Waals surface area contributed by atoms with Gasteiger partial charge in [-0.15, -0.1) is 11.3 Å². The van der Waals surface area contributed by atoms with Crippen molar-refractivity contribution >= 4 is 27.2 Å². The Morgan fingerprint density at radius 1 is 1.03 bits per heavy atom. The number of hydrogen-bond donors (Lipinski definition) is 2. The number of ketones is 1. The zero-order valence-corrected chi connectivity index (χ0v) is 19.5. The van der Waals surface area contributed by atoms with E-state index in [1.807, 2.05) is 6.92 Å². The second-order valence-electron chi connectivity index (χ2n) is 7.59. The van der Waals surface area contributed by atoms with Gasteiger partial charge < -0.3 is 19.9 Å². The molecule has 182 valence electrons. The summed E-state index contributed by atoms with van der Waals surface area (Å²) >= 11 is 0.965. The van der Waals surface area contributed by atoms with Gasteiger partial charge in [0, 0.05) is 22.2 Å². The Balaban J connectivity index is 1.69. The number of aromatic hydroxyl groups is 1. The van der Waals surface area contributed by atoms with E-state index in [0.717, 1.165) is 30.0 Å². The zero-order valence-electron chi connectivity index (χ0n) is 18.7. The third-order valence-corrected chi connectivity index (χ3v) is 6.29. The molecule has 5 nitrogen and oxygen atoms in total. The van der Waals surface area contributed by atoms with Gasteiger partial charge >= 0.3 is 6.18 Å². The summed E-state index contributed by atoms with van der Waals surface area (Å²) in [6, 6.07) is 15.8. The molecule has 0 aliphatic heterocycles. The molecule has 4 rings (SSSR count). The predicted molar refractivity (Wildman–Crippen MR) is 129 cm³/mol. The van der Waals surface area contributed by atoms with Crippen molar-refractivity contribution in [3.05, 3.63) is 82.7 Å². The molecule has 4 aromatic rings. The zero-order chi connectivity index (χ0) is 25.0. The number of hydrogen-bond acceptors (Lipinski definition) is 6. The van der Waals surface area contributed by atoms with Gasteiger partial charge in [0.1, 0.15) is 28.7 Å². The monoisotopic (exact) mass is 501 g/mol. The van der Waals surface area contributed by atoms with Crippen molar-refractivity contribution in [2.45, 2.75) is 13.1 Å². The van der Waals surface area contributed by atoms with Crippen molar-refractivity contribution in [3.8, 4) is 23.0 Å². The van der Waals surface area contributed by atoms with E-state index in [9.17, 15) is 23.1 Å². The lowest BCUT2D eigenvalue weighted by atomic mass is 10.0. The summed E-state index contributed by atoms with van der Waals surface area (Å²) in [7, 11) is 0. The van der Waals surface area contributed by atoms with Gasteiger partial charge in [-0.3, -0.25) is 4.79 Å². The predicted octanol–water partition coefficient (Wildman–Crippen LogP) is 6.64. The van der Waals surface area contributed by atoms with E-state index in [-0.39, 0.29) is 16.4 Å². The molecule has 0 saturated heterocycles. The van der Waals surface area contributed by atoms with Crippen molar-refractivity contribution in [1.82, 2.24) is 5.32 Å². The molecule has 2 N–H and O–H groups in total. The lowest BCUT2D eigenvalue weighted by molar-refractivity contribution is -0.137. The van der Waals surface area contributed by atoms with Crippen LogP contribution in [-0.2, 0) is 6.18 Å². The van der Waals surface area contributed by atoms with Gasteiger partial charge in [0.2, 0.25) is 5.78 Å². The van der Waals surface area contributed by atoms with Gasteiger partial charge in [-0.1, -0.05) is 25.1 Å². The highest BCUT2D eigenvalue weighted by Gasteiger charge is 2.36. The number of likely N-dealkylation sites (N-methyl/N-ethyl adjacent to an activating group) is 1. The average molecular weight is 502 g/mol. The number of carbonyl (C=O) groups excluding carboxylic acids is 1. The number of phenolic OH excluding ortho intramolecular Hbond substituents is 1. The number of nitrogens with one attached hydrogen (secondary N) is 1. The standard InChI is InChI=1S/C26H22F3NO4S/c1-2-30-13-14-33-17-8-10-18(11-9-17)34-24-20-12-7-16(31)15-22(20)35-25(24)23(32)19-5-3-4-6-21(19)26(27,28)29/h3-12,15,30-31H,2,13-14H2,1H3. The molecule has 0 aliphatic rings. The van der Waals surface area contributed by atoms with E-state index in [2.05, 4.69) is 5.32 Å². The highest BCUT2D eigenvalue weighted by Crippen LogP contribution is 2.44. The Labute approximate surface area is 203 Å². The van der Waals surface area contributed by atoms with Crippen LogP contribution in [0.2, 0.25) is 0 Å². The number of ether oxygens (including phenoxy) is 2. The van der Waals surface area contributed by atoms with E-state index in [4.69, 9.17) is 9.47 Å².